The number of hydrogen-bond donors (Lipinski definition) is 0. The van der Waals surface area contributed by atoms with Gasteiger partial charge in [-0.15, -0.1) is 0 Å². The lowest BCUT2D eigenvalue weighted by Gasteiger charge is -2.14. The summed E-state index contributed by atoms with van der Waals surface area (Å²) in [6, 6.07) is 29.0. The fraction of sp³-hybridized carbons (Fsp3) is 0.100. The summed E-state index contributed by atoms with van der Waals surface area (Å²) in [6.45, 7) is 4.48. The van der Waals surface area contributed by atoms with Crippen LogP contribution < -0.4 is 4.57 Å². The quantitative estimate of drug-likeness (QED) is 0.155. The molecule has 0 atom stereocenters. The number of aryl methyl sites for hydroxylation is 3. The van der Waals surface area contributed by atoms with Crippen LogP contribution in [0.4, 0.5) is 0 Å². The van der Waals surface area contributed by atoms with E-state index in [9.17, 15) is 0 Å². The van der Waals surface area contributed by atoms with Crippen LogP contribution >= 0.6 is 0 Å². The monoisotopic (exact) mass is 411 g/mol. The first-order valence-electron chi connectivity index (χ1n) is 11.2. The number of fused-ring (bicyclic) bond motifs is 5. The number of rotatable bonds is 1. The summed E-state index contributed by atoms with van der Waals surface area (Å²) < 4.78 is 4.78. The van der Waals surface area contributed by atoms with Gasteiger partial charge in [-0.25, -0.2) is 0 Å². The Labute approximate surface area is 186 Å². The van der Waals surface area contributed by atoms with E-state index in [4.69, 9.17) is 0 Å². The van der Waals surface area contributed by atoms with E-state index in [0.29, 0.717) is 0 Å². The molecular formula is C30H23N2+. The van der Waals surface area contributed by atoms with Gasteiger partial charge in [-0.3, -0.25) is 0 Å². The minimum absolute atomic E-state index is 1.25. The van der Waals surface area contributed by atoms with E-state index in [0.717, 1.165) is 0 Å². The molecule has 4 aromatic carbocycles. The summed E-state index contributed by atoms with van der Waals surface area (Å²) in [5.74, 6) is 0. The fourth-order valence-corrected chi connectivity index (χ4v) is 5.80. The molecule has 2 nitrogen and oxygen atoms in total. The van der Waals surface area contributed by atoms with Crippen molar-refractivity contribution in [3.63, 3.8) is 0 Å². The average Bonchev–Trinajstić information content (AvgIpc) is 3.15. The van der Waals surface area contributed by atoms with Crippen molar-refractivity contribution >= 4 is 49.0 Å². The van der Waals surface area contributed by atoms with Gasteiger partial charge in [0, 0.05) is 22.2 Å². The van der Waals surface area contributed by atoms with E-state index in [2.05, 4.69) is 115 Å². The van der Waals surface area contributed by atoms with E-state index in [-0.39, 0.29) is 0 Å². The molecular weight excluding hydrogens is 388 g/mol. The van der Waals surface area contributed by atoms with Crippen LogP contribution in [0.15, 0.2) is 85.1 Å². The van der Waals surface area contributed by atoms with Crippen LogP contribution in [0.3, 0.4) is 0 Å². The Morgan fingerprint density at radius 3 is 2.31 bits per heavy atom. The highest BCUT2D eigenvalue weighted by Crippen LogP contribution is 2.41. The van der Waals surface area contributed by atoms with Crippen LogP contribution in [0.5, 0.6) is 0 Å². The molecule has 0 amide bonds. The largest absolute Gasteiger partial charge is 0.303 e. The van der Waals surface area contributed by atoms with Crippen molar-refractivity contribution in [1.29, 1.82) is 0 Å². The van der Waals surface area contributed by atoms with Crippen molar-refractivity contribution in [2.45, 2.75) is 13.8 Å². The van der Waals surface area contributed by atoms with Crippen LogP contribution in [-0.2, 0) is 7.05 Å². The Kier molecular flexibility index (Phi) is 3.37. The van der Waals surface area contributed by atoms with Gasteiger partial charge < -0.3 is 4.40 Å². The third kappa shape index (κ3) is 2.12. The summed E-state index contributed by atoms with van der Waals surface area (Å²) in [4.78, 5) is 0. The van der Waals surface area contributed by atoms with Gasteiger partial charge in [-0.2, -0.15) is 4.57 Å². The van der Waals surface area contributed by atoms with Gasteiger partial charge in [0.25, 0.3) is 0 Å². The molecule has 0 bridgehead atoms. The van der Waals surface area contributed by atoms with Gasteiger partial charge >= 0.3 is 0 Å². The molecule has 0 aliphatic carbocycles. The highest BCUT2D eigenvalue weighted by atomic mass is 15.0. The summed E-state index contributed by atoms with van der Waals surface area (Å²) >= 11 is 0. The smallest absolute Gasteiger partial charge is 0.238 e. The molecule has 0 N–H and O–H groups in total. The van der Waals surface area contributed by atoms with Gasteiger partial charge in [0.2, 0.25) is 5.52 Å². The normalized spacial score (nSPS) is 12.2. The van der Waals surface area contributed by atoms with Gasteiger partial charge in [-0.1, -0.05) is 54.6 Å². The molecule has 0 saturated heterocycles. The maximum absolute atomic E-state index is 2.49. The minimum Gasteiger partial charge on any atom is -0.303 e. The second-order valence-electron chi connectivity index (χ2n) is 9.06. The predicted octanol–water partition coefficient (Wildman–Crippen LogP) is 7.10. The second kappa shape index (κ2) is 6.08. The lowest BCUT2D eigenvalue weighted by Crippen LogP contribution is -2.29. The molecule has 32 heavy (non-hydrogen) atoms. The topological polar surface area (TPSA) is 8.29 Å². The molecule has 2 heteroatoms. The molecule has 0 saturated carbocycles. The van der Waals surface area contributed by atoms with Crippen molar-refractivity contribution in [1.82, 2.24) is 4.40 Å². The number of benzene rings is 4. The van der Waals surface area contributed by atoms with E-state index in [1.54, 1.807) is 0 Å². The van der Waals surface area contributed by atoms with Gasteiger partial charge in [-0.05, 0) is 59.7 Å². The molecule has 7 rings (SSSR count). The predicted molar refractivity (Wildman–Crippen MR) is 135 cm³/mol. The van der Waals surface area contributed by atoms with E-state index < -0.39 is 0 Å². The molecule has 0 radical (unpaired) electrons. The van der Waals surface area contributed by atoms with Gasteiger partial charge in [0.15, 0.2) is 6.20 Å². The summed E-state index contributed by atoms with van der Waals surface area (Å²) in [6.07, 6.45) is 2.22. The Balaban J connectivity index is 1.79. The zero-order valence-electron chi connectivity index (χ0n) is 18.5. The number of nitrogens with zero attached hydrogens (tertiary/aromatic N) is 2. The second-order valence-corrected chi connectivity index (χ2v) is 9.06. The molecule has 7 aromatic rings. The summed E-state index contributed by atoms with van der Waals surface area (Å²) in [5, 5.41) is 6.70. The maximum Gasteiger partial charge on any atom is 0.238 e. The zero-order valence-corrected chi connectivity index (χ0v) is 18.5. The number of pyridine rings is 2. The Hall–Kier alpha value is -3.91. The van der Waals surface area contributed by atoms with Gasteiger partial charge in [0.05, 0.1) is 16.4 Å². The summed E-state index contributed by atoms with van der Waals surface area (Å²) in [5.41, 5.74) is 10.4. The van der Waals surface area contributed by atoms with E-state index in [1.165, 1.54) is 71.3 Å². The first-order chi connectivity index (χ1) is 15.6. The molecule has 0 unspecified atom stereocenters. The van der Waals surface area contributed by atoms with Crippen LogP contribution in [0.1, 0.15) is 11.1 Å². The molecule has 152 valence electrons. The molecule has 3 aromatic heterocycles. The molecule has 3 heterocycles. The summed E-state index contributed by atoms with van der Waals surface area (Å²) in [7, 11) is 2.17. The number of aromatic nitrogens is 2. The van der Waals surface area contributed by atoms with Crippen LogP contribution in [0, 0.1) is 13.8 Å². The molecule has 0 aliphatic heterocycles. The van der Waals surface area contributed by atoms with Crippen molar-refractivity contribution in [2.24, 2.45) is 7.05 Å². The van der Waals surface area contributed by atoms with E-state index in [1.807, 2.05) is 0 Å². The fourth-order valence-electron chi connectivity index (χ4n) is 5.80. The highest BCUT2D eigenvalue weighted by molar-refractivity contribution is 6.26. The first-order valence-corrected chi connectivity index (χ1v) is 11.2. The Morgan fingerprint density at radius 1 is 0.625 bits per heavy atom. The van der Waals surface area contributed by atoms with Crippen molar-refractivity contribution in [3.05, 3.63) is 96.2 Å². The van der Waals surface area contributed by atoms with E-state index >= 15 is 0 Å². The number of hydrogen-bond acceptors (Lipinski definition) is 0. The first kappa shape index (κ1) is 17.7. The third-order valence-electron chi connectivity index (χ3n) is 7.18. The van der Waals surface area contributed by atoms with Crippen LogP contribution in [-0.4, -0.2) is 4.40 Å². The maximum atomic E-state index is 2.49. The van der Waals surface area contributed by atoms with Crippen molar-refractivity contribution in [2.75, 3.05) is 0 Å². The van der Waals surface area contributed by atoms with Crippen LogP contribution in [0.25, 0.3) is 60.1 Å². The zero-order chi connectivity index (χ0) is 21.6. The standard InChI is InChI=1S/C30H23N2/c1-18-16-19(2)27-28-22(18)10-7-11-26(28)32-25-13-12-21(20-8-5-4-6-9-20)17-24(25)23-14-15-31(3)30(27)29(23)32/h4-17H,1-3H3/q+1. The Morgan fingerprint density at radius 2 is 1.47 bits per heavy atom. The molecule has 0 aliphatic rings. The molecule has 0 spiro atoms. The van der Waals surface area contributed by atoms with Crippen LogP contribution in [0.2, 0.25) is 0 Å². The van der Waals surface area contributed by atoms with Crippen molar-refractivity contribution in [3.8, 4) is 11.1 Å². The SMILES string of the molecule is Cc1cc(C)c2c3c1cccc3n1c3ccc(-c4ccccc4)cc3c3cc[n+](C)c2c31. The lowest BCUT2D eigenvalue weighted by molar-refractivity contribution is -0.644. The Bertz CT molecular complexity index is 1840. The minimum atomic E-state index is 1.25. The lowest BCUT2D eigenvalue weighted by atomic mass is 9.95. The van der Waals surface area contributed by atoms with Crippen molar-refractivity contribution < 1.29 is 4.57 Å². The van der Waals surface area contributed by atoms with Gasteiger partial charge in [0.1, 0.15) is 12.6 Å². The average molecular weight is 412 g/mol. The highest BCUT2D eigenvalue weighted by Gasteiger charge is 2.24. The third-order valence-corrected chi connectivity index (χ3v) is 7.18. The molecule has 0 fully saturated rings.